The maximum absolute atomic E-state index is 13.0. The van der Waals surface area contributed by atoms with E-state index in [1.807, 2.05) is 74.0 Å². The molecule has 0 saturated carbocycles. The third kappa shape index (κ3) is 5.35. The van der Waals surface area contributed by atoms with E-state index in [2.05, 4.69) is 15.6 Å². The lowest BCUT2D eigenvalue weighted by atomic mass is 10.0. The summed E-state index contributed by atoms with van der Waals surface area (Å²) >= 11 is 1.35. The van der Waals surface area contributed by atoms with Crippen LogP contribution in [0, 0.1) is 5.92 Å². The highest BCUT2D eigenvalue weighted by molar-refractivity contribution is 7.12. The summed E-state index contributed by atoms with van der Waals surface area (Å²) < 4.78 is 1.80. The quantitative estimate of drug-likeness (QED) is 0.416. The van der Waals surface area contributed by atoms with Crippen LogP contribution in [0.4, 0.5) is 0 Å². The van der Waals surface area contributed by atoms with Gasteiger partial charge in [0.2, 0.25) is 5.91 Å². The van der Waals surface area contributed by atoms with Gasteiger partial charge in [0, 0.05) is 36.3 Å². The average molecular weight is 460 g/mol. The molecule has 3 heterocycles. The topological polar surface area (TPSA) is 88.9 Å². The van der Waals surface area contributed by atoms with Crippen molar-refractivity contribution < 1.29 is 9.59 Å². The van der Waals surface area contributed by atoms with Gasteiger partial charge in [0.05, 0.1) is 16.3 Å². The molecule has 4 aromatic rings. The molecule has 0 fully saturated rings. The van der Waals surface area contributed by atoms with Crippen molar-refractivity contribution in [2.75, 3.05) is 0 Å². The van der Waals surface area contributed by atoms with Crippen LogP contribution >= 0.6 is 11.3 Å². The fourth-order valence-electron chi connectivity index (χ4n) is 3.45. The number of hydrogen-bond donors (Lipinski definition) is 2. The molecule has 1 unspecified atom stereocenters. The molecule has 2 amide bonds. The molecule has 0 aliphatic heterocycles. The van der Waals surface area contributed by atoms with Gasteiger partial charge in [0.1, 0.15) is 6.04 Å². The molecular weight excluding hydrogens is 434 g/mol. The second-order valence-corrected chi connectivity index (χ2v) is 8.86. The smallest absolute Gasteiger partial charge is 0.262 e. The summed E-state index contributed by atoms with van der Waals surface area (Å²) in [7, 11) is 0. The highest BCUT2D eigenvalue weighted by Gasteiger charge is 2.25. The fraction of sp³-hybridized carbons (Fsp3) is 0.200. The Bertz CT molecular complexity index is 1200. The summed E-state index contributed by atoms with van der Waals surface area (Å²) in [6, 6.07) is 16.5. The second-order valence-electron chi connectivity index (χ2n) is 7.91. The second kappa shape index (κ2) is 10.2. The number of thiophene rings is 1. The van der Waals surface area contributed by atoms with Gasteiger partial charge in [-0.05, 0) is 41.6 Å². The number of para-hydroxylation sites is 1. The van der Waals surface area contributed by atoms with Gasteiger partial charge in [-0.2, -0.15) is 5.10 Å². The largest absolute Gasteiger partial charge is 0.350 e. The van der Waals surface area contributed by atoms with Crippen LogP contribution in [0.15, 0.2) is 78.6 Å². The van der Waals surface area contributed by atoms with E-state index in [4.69, 9.17) is 5.10 Å². The van der Waals surface area contributed by atoms with Crippen molar-refractivity contribution in [3.63, 3.8) is 0 Å². The van der Waals surface area contributed by atoms with Gasteiger partial charge in [0.25, 0.3) is 5.91 Å². The average Bonchev–Trinajstić information content (AvgIpc) is 3.52. The molecule has 0 spiro atoms. The molecule has 1 atom stereocenters. The minimum atomic E-state index is -0.645. The SMILES string of the molecule is CC(C)C(NC(=O)c1cccs1)C(=O)NCc1cn(-c2ccccc2)nc1-c1ccncc1. The van der Waals surface area contributed by atoms with Crippen LogP contribution in [0.2, 0.25) is 0 Å². The first-order valence-corrected chi connectivity index (χ1v) is 11.6. The molecule has 2 N–H and O–H groups in total. The molecule has 0 bridgehead atoms. The molecule has 0 radical (unpaired) electrons. The maximum Gasteiger partial charge on any atom is 0.262 e. The monoisotopic (exact) mass is 459 g/mol. The molecule has 168 valence electrons. The first-order valence-electron chi connectivity index (χ1n) is 10.7. The number of rotatable bonds is 8. The lowest BCUT2D eigenvalue weighted by Gasteiger charge is -2.21. The highest BCUT2D eigenvalue weighted by atomic mass is 32.1. The number of hydrogen-bond acceptors (Lipinski definition) is 5. The van der Waals surface area contributed by atoms with E-state index in [0.29, 0.717) is 4.88 Å². The van der Waals surface area contributed by atoms with Crippen LogP contribution < -0.4 is 10.6 Å². The van der Waals surface area contributed by atoms with Crippen LogP contribution in [0.25, 0.3) is 16.9 Å². The standard InChI is InChI=1S/C25H25N5O2S/c1-17(2)22(28-24(31)21-9-6-14-33-21)25(32)27-15-19-16-30(20-7-4-3-5-8-20)29-23(19)18-10-12-26-13-11-18/h3-14,16-17,22H,15H2,1-2H3,(H,27,32)(H,28,31). The Morgan fingerprint density at radius 1 is 1.03 bits per heavy atom. The number of benzene rings is 1. The van der Waals surface area contributed by atoms with Crippen LogP contribution in [-0.2, 0) is 11.3 Å². The van der Waals surface area contributed by atoms with Crippen molar-refractivity contribution in [1.29, 1.82) is 0 Å². The number of amides is 2. The predicted octanol–water partition coefficient (Wildman–Crippen LogP) is 4.07. The van der Waals surface area contributed by atoms with Gasteiger partial charge in [-0.3, -0.25) is 14.6 Å². The Kier molecular flexibility index (Phi) is 6.95. The van der Waals surface area contributed by atoms with E-state index in [-0.39, 0.29) is 24.3 Å². The van der Waals surface area contributed by atoms with E-state index in [1.54, 1.807) is 23.1 Å². The third-order valence-electron chi connectivity index (χ3n) is 5.20. The van der Waals surface area contributed by atoms with E-state index >= 15 is 0 Å². The zero-order valence-electron chi connectivity index (χ0n) is 18.4. The first kappa shape index (κ1) is 22.4. The fourth-order valence-corrected chi connectivity index (χ4v) is 4.08. The van der Waals surface area contributed by atoms with Crippen molar-refractivity contribution >= 4 is 23.2 Å². The minimum Gasteiger partial charge on any atom is -0.350 e. The van der Waals surface area contributed by atoms with Gasteiger partial charge in [-0.15, -0.1) is 11.3 Å². The van der Waals surface area contributed by atoms with Crippen molar-refractivity contribution in [3.8, 4) is 16.9 Å². The highest BCUT2D eigenvalue weighted by Crippen LogP contribution is 2.23. The molecular formula is C25H25N5O2S. The lowest BCUT2D eigenvalue weighted by Crippen LogP contribution is -2.49. The van der Waals surface area contributed by atoms with Crippen LogP contribution in [0.3, 0.4) is 0 Å². The summed E-state index contributed by atoms with van der Waals surface area (Å²) in [5.41, 5.74) is 3.47. The van der Waals surface area contributed by atoms with E-state index in [1.165, 1.54) is 11.3 Å². The summed E-state index contributed by atoms with van der Waals surface area (Å²) in [5.74, 6) is -0.545. The Balaban J connectivity index is 1.54. The molecule has 7 nitrogen and oxygen atoms in total. The molecule has 33 heavy (non-hydrogen) atoms. The Morgan fingerprint density at radius 2 is 1.79 bits per heavy atom. The Labute approximate surface area is 196 Å². The maximum atomic E-state index is 13.0. The number of aromatic nitrogens is 3. The Hall–Kier alpha value is -3.78. The molecule has 0 saturated heterocycles. The van der Waals surface area contributed by atoms with Crippen LogP contribution in [0.5, 0.6) is 0 Å². The lowest BCUT2D eigenvalue weighted by molar-refractivity contribution is -0.124. The number of nitrogens with one attached hydrogen (secondary N) is 2. The summed E-state index contributed by atoms with van der Waals surface area (Å²) in [4.78, 5) is 30.2. The summed E-state index contributed by atoms with van der Waals surface area (Å²) in [5, 5.41) is 12.4. The van der Waals surface area contributed by atoms with Gasteiger partial charge >= 0.3 is 0 Å². The number of nitrogens with zero attached hydrogens (tertiary/aromatic N) is 3. The molecule has 3 aromatic heterocycles. The predicted molar refractivity (Wildman–Crippen MR) is 129 cm³/mol. The van der Waals surface area contributed by atoms with Gasteiger partial charge in [-0.1, -0.05) is 38.1 Å². The van der Waals surface area contributed by atoms with Crippen molar-refractivity contribution in [1.82, 2.24) is 25.4 Å². The summed E-state index contributed by atoms with van der Waals surface area (Å²) in [6.07, 6.45) is 5.35. The number of carbonyl (C=O) groups is 2. The van der Waals surface area contributed by atoms with Gasteiger partial charge < -0.3 is 10.6 Å². The number of pyridine rings is 1. The van der Waals surface area contributed by atoms with Gasteiger partial charge in [-0.25, -0.2) is 4.68 Å². The molecule has 0 aliphatic rings. The zero-order valence-corrected chi connectivity index (χ0v) is 19.3. The van der Waals surface area contributed by atoms with Crippen molar-refractivity contribution in [3.05, 3.63) is 89.0 Å². The molecule has 4 rings (SSSR count). The zero-order chi connectivity index (χ0) is 23.2. The van der Waals surface area contributed by atoms with Gasteiger partial charge in [0.15, 0.2) is 0 Å². The Morgan fingerprint density at radius 3 is 2.45 bits per heavy atom. The third-order valence-corrected chi connectivity index (χ3v) is 6.07. The summed E-state index contributed by atoms with van der Waals surface area (Å²) in [6.45, 7) is 4.10. The molecule has 0 aliphatic carbocycles. The van der Waals surface area contributed by atoms with Crippen molar-refractivity contribution in [2.24, 2.45) is 5.92 Å². The molecule has 8 heteroatoms. The van der Waals surface area contributed by atoms with Crippen LogP contribution in [0.1, 0.15) is 29.1 Å². The van der Waals surface area contributed by atoms with E-state index in [9.17, 15) is 9.59 Å². The normalized spacial score (nSPS) is 11.8. The molecule has 1 aromatic carbocycles. The van der Waals surface area contributed by atoms with Crippen molar-refractivity contribution in [2.45, 2.75) is 26.4 Å². The minimum absolute atomic E-state index is 0.0689. The van der Waals surface area contributed by atoms with E-state index in [0.717, 1.165) is 22.5 Å². The first-order chi connectivity index (χ1) is 16.0. The number of carbonyl (C=O) groups excluding carboxylic acids is 2. The van der Waals surface area contributed by atoms with E-state index < -0.39 is 6.04 Å². The van der Waals surface area contributed by atoms with Crippen LogP contribution in [-0.4, -0.2) is 32.6 Å².